The summed E-state index contributed by atoms with van der Waals surface area (Å²) in [5, 5.41) is 11.4. The Balaban J connectivity index is 1.75. The van der Waals surface area contributed by atoms with Crippen LogP contribution in [0.2, 0.25) is 0 Å². The van der Waals surface area contributed by atoms with Gasteiger partial charge in [-0.3, -0.25) is 4.79 Å². The van der Waals surface area contributed by atoms with Gasteiger partial charge in [-0.2, -0.15) is 0 Å². The third kappa shape index (κ3) is 4.95. The number of aromatic nitrogens is 1. The quantitative estimate of drug-likeness (QED) is 0.365. The minimum absolute atomic E-state index is 0.0537. The topological polar surface area (TPSA) is 77.9 Å². The maximum atomic E-state index is 12.9. The van der Waals surface area contributed by atoms with Crippen molar-refractivity contribution in [3.05, 3.63) is 46.2 Å². The number of nitrogens with zero attached hydrogens (tertiary/aromatic N) is 1. The Kier molecular flexibility index (Phi) is 7.36. The van der Waals surface area contributed by atoms with E-state index < -0.39 is 5.60 Å². The number of aliphatic hydroxyl groups is 1. The van der Waals surface area contributed by atoms with Crippen molar-refractivity contribution in [3.63, 3.8) is 0 Å². The molecule has 0 saturated heterocycles. The van der Waals surface area contributed by atoms with E-state index in [2.05, 4.69) is 20.9 Å². The fraction of sp³-hybridized carbons (Fsp3) is 0.478. The number of benzene rings is 1. The van der Waals surface area contributed by atoms with Gasteiger partial charge in [0.15, 0.2) is 23.0 Å². The van der Waals surface area contributed by atoms with Crippen LogP contribution in [0.4, 0.5) is 0 Å². The van der Waals surface area contributed by atoms with E-state index in [9.17, 15) is 9.90 Å². The molecule has 1 heterocycles. The molecule has 1 aromatic heterocycles. The first-order chi connectivity index (χ1) is 14.4. The third-order valence-electron chi connectivity index (χ3n) is 5.41. The van der Waals surface area contributed by atoms with Crippen molar-refractivity contribution in [2.24, 2.45) is 5.92 Å². The smallest absolute Gasteiger partial charge is 0.163 e. The van der Waals surface area contributed by atoms with Gasteiger partial charge in [-0.25, -0.2) is 4.98 Å². The fourth-order valence-electron chi connectivity index (χ4n) is 3.54. The lowest BCUT2D eigenvalue weighted by Crippen LogP contribution is -2.30. The zero-order valence-electron chi connectivity index (χ0n) is 17.6. The average molecular weight is 478 g/mol. The standard InChI is InChI=1S/C23H28BrNO5/c1-4-13-30-18-8-5-15(14-20(18)29-3)17(26)11-12-23(27,16-6-7-16)21-10-9-19(28-2)22(24)25-21/h5,8-10,14,16,27H,4,6-7,11-13H2,1-3H3. The van der Waals surface area contributed by atoms with Crippen molar-refractivity contribution < 1.29 is 24.1 Å². The Hall–Kier alpha value is -2.12. The van der Waals surface area contributed by atoms with Gasteiger partial charge in [0.25, 0.3) is 0 Å². The molecule has 0 radical (unpaired) electrons. The van der Waals surface area contributed by atoms with Crippen molar-refractivity contribution in [1.82, 2.24) is 4.98 Å². The van der Waals surface area contributed by atoms with E-state index in [1.165, 1.54) is 0 Å². The van der Waals surface area contributed by atoms with Crippen molar-refractivity contribution in [2.45, 2.75) is 44.6 Å². The van der Waals surface area contributed by atoms with Crippen LogP contribution in [0.1, 0.15) is 55.1 Å². The van der Waals surface area contributed by atoms with Gasteiger partial charge in [-0.1, -0.05) is 6.92 Å². The van der Waals surface area contributed by atoms with Crippen LogP contribution < -0.4 is 14.2 Å². The zero-order valence-corrected chi connectivity index (χ0v) is 19.2. The number of ketones is 1. The number of hydrogen-bond donors (Lipinski definition) is 1. The summed E-state index contributed by atoms with van der Waals surface area (Å²) >= 11 is 3.39. The monoisotopic (exact) mass is 477 g/mol. The van der Waals surface area contributed by atoms with Gasteiger partial charge in [0.2, 0.25) is 0 Å². The molecule has 7 heteroatoms. The highest BCUT2D eigenvalue weighted by atomic mass is 79.9. The molecular weight excluding hydrogens is 450 g/mol. The first kappa shape index (κ1) is 22.6. The minimum atomic E-state index is -1.14. The number of carbonyl (C=O) groups is 1. The largest absolute Gasteiger partial charge is 0.494 e. The van der Waals surface area contributed by atoms with Crippen LogP contribution in [-0.2, 0) is 5.60 Å². The summed E-state index contributed by atoms with van der Waals surface area (Å²) < 4.78 is 16.8. The number of pyridine rings is 1. The highest BCUT2D eigenvalue weighted by Gasteiger charge is 2.46. The van der Waals surface area contributed by atoms with Gasteiger partial charge in [-0.15, -0.1) is 0 Å². The molecule has 0 aliphatic heterocycles. The van der Waals surface area contributed by atoms with E-state index in [0.717, 1.165) is 19.3 Å². The zero-order chi connectivity index (χ0) is 21.7. The van der Waals surface area contributed by atoms with E-state index >= 15 is 0 Å². The number of carbonyl (C=O) groups excluding carboxylic acids is 1. The summed E-state index contributed by atoms with van der Waals surface area (Å²) in [6, 6.07) is 8.76. The highest BCUT2D eigenvalue weighted by molar-refractivity contribution is 9.10. The molecule has 30 heavy (non-hydrogen) atoms. The van der Waals surface area contributed by atoms with Crippen molar-refractivity contribution in [1.29, 1.82) is 0 Å². The molecule has 2 aromatic rings. The van der Waals surface area contributed by atoms with Crippen molar-refractivity contribution in [2.75, 3.05) is 20.8 Å². The summed E-state index contributed by atoms with van der Waals surface area (Å²) in [7, 11) is 3.13. The number of methoxy groups -OCH3 is 2. The van der Waals surface area contributed by atoms with Crippen LogP contribution in [0.5, 0.6) is 17.2 Å². The highest BCUT2D eigenvalue weighted by Crippen LogP contribution is 2.48. The summed E-state index contributed by atoms with van der Waals surface area (Å²) in [6.45, 7) is 2.62. The fourth-order valence-corrected chi connectivity index (χ4v) is 4.02. The van der Waals surface area contributed by atoms with Gasteiger partial charge in [0.1, 0.15) is 10.2 Å². The predicted octanol–water partition coefficient (Wildman–Crippen LogP) is 4.91. The van der Waals surface area contributed by atoms with E-state index in [1.54, 1.807) is 44.6 Å². The maximum absolute atomic E-state index is 12.9. The molecule has 6 nitrogen and oxygen atoms in total. The molecule has 1 aliphatic carbocycles. The van der Waals surface area contributed by atoms with Gasteiger partial charge in [0, 0.05) is 12.0 Å². The SMILES string of the molecule is CCCOc1ccc(C(=O)CCC(O)(c2ccc(OC)c(Br)n2)C2CC2)cc1OC. The second-order valence-corrected chi connectivity index (χ2v) is 8.28. The van der Waals surface area contributed by atoms with Crippen molar-refractivity contribution in [3.8, 4) is 17.2 Å². The molecule has 1 aliphatic rings. The van der Waals surface area contributed by atoms with Crippen LogP contribution >= 0.6 is 15.9 Å². The second kappa shape index (κ2) is 9.79. The van der Waals surface area contributed by atoms with E-state index in [-0.39, 0.29) is 18.1 Å². The van der Waals surface area contributed by atoms with Crippen LogP contribution in [0, 0.1) is 5.92 Å². The summed E-state index contributed by atoms with van der Waals surface area (Å²) in [6.07, 6.45) is 3.25. The van der Waals surface area contributed by atoms with Crippen LogP contribution in [0.15, 0.2) is 34.9 Å². The molecule has 3 rings (SSSR count). The van der Waals surface area contributed by atoms with E-state index in [4.69, 9.17) is 14.2 Å². The molecule has 1 saturated carbocycles. The molecule has 1 fully saturated rings. The molecule has 162 valence electrons. The van der Waals surface area contributed by atoms with Crippen LogP contribution in [-0.4, -0.2) is 36.7 Å². The molecule has 1 atom stereocenters. The molecule has 0 bridgehead atoms. The predicted molar refractivity (Wildman–Crippen MR) is 117 cm³/mol. The lowest BCUT2D eigenvalue weighted by molar-refractivity contribution is -0.00135. The third-order valence-corrected chi connectivity index (χ3v) is 5.98. The first-order valence-corrected chi connectivity index (χ1v) is 11.0. The summed E-state index contributed by atoms with van der Waals surface area (Å²) in [5.41, 5.74) is -0.0392. The van der Waals surface area contributed by atoms with Crippen LogP contribution in [0.25, 0.3) is 0 Å². The Morgan fingerprint density at radius 1 is 1.17 bits per heavy atom. The molecular formula is C23H28BrNO5. The number of hydrogen-bond acceptors (Lipinski definition) is 6. The average Bonchev–Trinajstić information content (AvgIpc) is 3.61. The molecule has 1 aromatic carbocycles. The minimum Gasteiger partial charge on any atom is -0.494 e. The number of Topliss-reactive ketones (excluding diaryl/α,β-unsaturated/α-hetero) is 1. The molecule has 1 unspecified atom stereocenters. The van der Waals surface area contributed by atoms with E-state index in [1.807, 2.05) is 6.92 Å². The van der Waals surface area contributed by atoms with Gasteiger partial charge in [-0.05, 0) is 77.9 Å². The normalized spacial score (nSPS) is 15.4. The first-order valence-electron chi connectivity index (χ1n) is 10.2. The number of rotatable bonds is 11. The Morgan fingerprint density at radius 3 is 2.47 bits per heavy atom. The Morgan fingerprint density at radius 2 is 1.87 bits per heavy atom. The lowest BCUT2D eigenvalue weighted by Gasteiger charge is -2.28. The van der Waals surface area contributed by atoms with Crippen molar-refractivity contribution >= 4 is 21.7 Å². The van der Waals surface area contributed by atoms with Gasteiger partial charge < -0.3 is 19.3 Å². The Labute approximate surface area is 185 Å². The maximum Gasteiger partial charge on any atom is 0.163 e. The molecule has 1 N–H and O–H groups in total. The Bertz CT molecular complexity index is 899. The van der Waals surface area contributed by atoms with Gasteiger partial charge >= 0.3 is 0 Å². The summed E-state index contributed by atoms with van der Waals surface area (Å²) in [4.78, 5) is 17.4. The number of halogens is 1. The van der Waals surface area contributed by atoms with Crippen LogP contribution in [0.3, 0.4) is 0 Å². The molecule has 0 amide bonds. The summed E-state index contributed by atoms with van der Waals surface area (Å²) in [5.74, 6) is 1.81. The van der Waals surface area contributed by atoms with Gasteiger partial charge in [0.05, 0.1) is 26.5 Å². The molecule has 0 spiro atoms. The lowest BCUT2D eigenvalue weighted by atomic mass is 9.86. The second-order valence-electron chi connectivity index (χ2n) is 7.53. The van der Waals surface area contributed by atoms with E-state index in [0.29, 0.717) is 46.1 Å². The number of ether oxygens (including phenoxy) is 3.